The van der Waals surface area contributed by atoms with Gasteiger partial charge in [-0.15, -0.1) is 0 Å². The highest BCUT2D eigenvalue weighted by Gasteiger charge is 2.24. The molecule has 24 heavy (non-hydrogen) atoms. The van der Waals surface area contributed by atoms with E-state index in [9.17, 15) is 15.0 Å². The summed E-state index contributed by atoms with van der Waals surface area (Å²) in [7, 11) is 0. The van der Waals surface area contributed by atoms with Crippen LogP contribution in [0.5, 0.6) is 11.5 Å². The number of nitrogens with one attached hydrogen (secondary N) is 2. The molecule has 0 unspecified atom stereocenters. The third-order valence-corrected chi connectivity index (χ3v) is 4.08. The Hall–Kier alpha value is -1.95. The third kappa shape index (κ3) is 5.92. The minimum atomic E-state index is -0.474. The van der Waals surface area contributed by atoms with Crippen LogP contribution in [0, 0.1) is 0 Å². The van der Waals surface area contributed by atoms with Gasteiger partial charge in [-0.3, -0.25) is 0 Å². The molecule has 1 aromatic rings. The van der Waals surface area contributed by atoms with Crippen molar-refractivity contribution in [2.75, 3.05) is 0 Å². The number of alkyl carbamates (subject to hydrolysis) is 1. The van der Waals surface area contributed by atoms with Crippen molar-refractivity contribution < 1.29 is 19.7 Å². The molecule has 1 saturated carbocycles. The minimum absolute atomic E-state index is 0.0976. The first-order chi connectivity index (χ1) is 11.2. The van der Waals surface area contributed by atoms with Crippen LogP contribution >= 0.6 is 0 Å². The highest BCUT2D eigenvalue weighted by Crippen LogP contribution is 2.25. The number of carbonyl (C=O) groups excluding carboxylic acids is 1. The lowest BCUT2D eigenvalue weighted by molar-refractivity contribution is 0.0489. The van der Waals surface area contributed by atoms with Crippen LogP contribution in [0.25, 0.3) is 0 Å². The lowest BCUT2D eigenvalue weighted by atomic mass is 9.91. The van der Waals surface area contributed by atoms with Crippen LogP contribution < -0.4 is 10.6 Å². The molecule has 1 fully saturated rings. The van der Waals surface area contributed by atoms with Gasteiger partial charge in [0.15, 0.2) is 11.5 Å². The molecule has 0 spiro atoms. The first-order valence-corrected chi connectivity index (χ1v) is 8.47. The second-order valence-corrected chi connectivity index (χ2v) is 7.40. The first-order valence-electron chi connectivity index (χ1n) is 8.47. The molecule has 0 saturated heterocycles. The highest BCUT2D eigenvalue weighted by atomic mass is 16.6. The Kier molecular flexibility index (Phi) is 5.94. The average Bonchev–Trinajstić information content (AvgIpc) is 2.48. The van der Waals surface area contributed by atoms with Crippen LogP contribution in [-0.4, -0.2) is 34.0 Å². The molecule has 0 radical (unpaired) electrons. The molecule has 1 aliphatic carbocycles. The van der Waals surface area contributed by atoms with E-state index in [2.05, 4.69) is 10.6 Å². The Bertz CT molecular complexity index is 561. The van der Waals surface area contributed by atoms with E-state index in [4.69, 9.17) is 4.74 Å². The quantitative estimate of drug-likeness (QED) is 0.635. The summed E-state index contributed by atoms with van der Waals surface area (Å²) in [6, 6.07) is 5.40. The summed E-state index contributed by atoms with van der Waals surface area (Å²) in [6.07, 6.45) is 3.43. The average molecular weight is 336 g/mol. The number of phenols is 2. The second kappa shape index (κ2) is 7.75. The second-order valence-electron chi connectivity index (χ2n) is 7.40. The number of hydrogen-bond donors (Lipinski definition) is 4. The molecule has 6 nitrogen and oxygen atoms in total. The number of hydrogen-bond acceptors (Lipinski definition) is 5. The fourth-order valence-electron chi connectivity index (χ4n) is 2.86. The third-order valence-electron chi connectivity index (χ3n) is 4.08. The van der Waals surface area contributed by atoms with Gasteiger partial charge in [-0.05, 0) is 64.2 Å². The number of amides is 1. The molecule has 1 amide bonds. The Balaban J connectivity index is 1.71. The maximum atomic E-state index is 11.8. The smallest absolute Gasteiger partial charge is 0.407 e. The van der Waals surface area contributed by atoms with Crippen LogP contribution in [-0.2, 0) is 11.3 Å². The van der Waals surface area contributed by atoms with E-state index in [1.54, 1.807) is 12.1 Å². The van der Waals surface area contributed by atoms with E-state index in [0.29, 0.717) is 12.6 Å². The number of carbonyl (C=O) groups is 1. The van der Waals surface area contributed by atoms with Gasteiger partial charge < -0.3 is 25.6 Å². The van der Waals surface area contributed by atoms with Crippen LogP contribution in [0.1, 0.15) is 52.0 Å². The van der Waals surface area contributed by atoms with Gasteiger partial charge in [0.2, 0.25) is 0 Å². The van der Waals surface area contributed by atoms with Crippen molar-refractivity contribution in [3.8, 4) is 11.5 Å². The number of phenolic OH excluding ortho intramolecular Hbond substituents is 2. The predicted octanol–water partition coefficient (Wildman–Crippen LogP) is 3.02. The van der Waals surface area contributed by atoms with Crippen molar-refractivity contribution in [1.82, 2.24) is 10.6 Å². The Morgan fingerprint density at radius 1 is 1.12 bits per heavy atom. The summed E-state index contributed by atoms with van der Waals surface area (Å²) in [4.78, 5) is 11.8. The van der Waals surface area contributed by atoms with Gasteiger partial charge in [0, 0.05) is 18.6 Å². The lowest BCUT2D eigenvalue weighted by Crippen LogP contribution is -2.43. The van der Waals surface area contributed by atoms with Gasteiger partial charge in [0.05, 0.1) is 0 Å². The van der Waals surface area contributed by atoms with Crippen molar-refractivity contribution in [1.29, 1.82) is 0 Å². The van der Waals surface area contributed by atoms with Gasteiger partial charge in [-0.2, -0.15) is 0 Å². The van der Waals surface area contributed by atoms with Crippen molar-refractivity contribution in [3.05, 3.63) is 23.8 Å². The largest absolute Gasteiger partial charge is 0.504 e. The molecule has 0 aliphatic heterocycles. The molecule has 0 aromatic heterocycles. The Morgan fingerprint density at radius 2 is 1.75 bits per heavy atom. The summed E-state index contributed by atoms with van der Waals surface area (Å²) in [6.45, 7) is 6.21. The lowest BCUT2D eigenvalue weighted by Gasteiger charge is -2.30. The van der Waals surface area contributed by atoms with Gasteiger partial charge in [0.25, 0.3) is 0 Å². The predicted molar refractivity (Wildman–Crippen MR) is 92.0 cm³/mol. The summed E-state index contributed by atoms with van der Waals surface area (Å²) in [5.41, 5.74) is 0.456. The van der Waals surface area contributed by atoms with Crippen molar-refractivity contribution in [3.63, 3.8) is 0 Å². The molecule has 6 heteroatoms. The van der Waals surface area contributed by atoms with E-state index in [1.807, 2.05) is 20.8 Å². The summed E-state index contributed by atoms with van der Waals surface area (Å²) in [5.74, 6) is -0.202. The Morgan fingerprint density at radius 3 is 2.33 bits per heavy atom. The molecule has 1 aromatic carbocycles. The van der Waals surface area contributed by atoms with Gasteiger partial charge in [-0.1, -0.05) is 6.07 Å². The highest BCUT2D eigenvalue weighted by molar-refractivity contribution is 5.68. The fraction of sp³-hybridized carbons (Fsp3) is 0.611. The van der Waals surface area contributed by atoms with Crippen LogP contribution in [0.15, 0.2) is 18.2 Å². The van der Waals surface area contributed by atoms with Crippen molar-refractivity contribution in [2.45, 2.75) is 70.7 Å². The van der Waals surface area contributed by atoms with Crippen LogP contribution in [0.3, 0.4) is 0 Å². The zero-order valence-corrected chi connectivity index (χ0v) is 14.6. The summed E-state index contributed by atoms with van der Waals surface area (Å²) >= 11 is 0. The topological polar surface area (TPSA) is 90.8 Å². The molecule has 134 valence electrons. The fourth-order valence-corrected chi connectivity index (χ4v) is 2.86. The molecule has 0 atom stereocenters. The normalized spacial score (nSPS) is 21.3. The molecule has 2 rings (SSSR count). The number of ether oxygens (including phenoxy) is 1. The number of rotatable bonds is 4. The van der Waals surface area contributed by atoms with Crippen LogP contribution in [0.4, 0.5) is 4.79 Å². The monoisotopic (exact) mass is 336 g/mol. The van der Waals surface area contributed by atoms with Crippen LogP contribution in [0.2, 0.25) is 0 Å². The summed E-state index contributed by atoms with van der Waals surface area (Å²) in [5, 5.41) is 25.2. The molecule has 4 N–H and O–H groups in total. The zero-order chi connectivity index (χ0) is 17.7. The van der Waals surface area contributed by atoms with E-state index < -0.39 is 5.60 Å². The van der Waals surface area contributed by atoms with E-state index in [1.165, 1.54) is 6.07 Å². The number of benzene rings is 1. The Labute approximate surface area is 143 Å². The zero-order valence-electron chi connectivity index (χ0n) is 14.6. The van der Waals surface area contributed by atoms with E-state index >= 15 is 0 Å². The molecule has 0 bridgehead atoms. The van der Waals surface area contributed by atoms with Gasteiger partial charge in [0.1, 0.15) is 5.60 Å². The maximum Gasteiger partial charge on any atom is 0.407 e. The SMILES string of the molecule is CC(C)(C)OC(=O)NC1CCC(NCc2ccc(O)c(O)c2)CC1. The number of aromatic hydroxyl groups is 2. The van der Waals surface area contributed by atoms with Crippen molar-refractivity contribution in [2.24, 2.45) is 0 Å². The van der Waals surface area contributed by atoms with Gasteiger partial charge >= 0.3 is 6.09 Å². The van der Waals surface area contributed by atoms with E-state index in [0.717, 1.165) is 31.2 Å². The first kappa shape index (κ1) is 18.4. The summed E-state index contributed by atoms with van der Waals surface area (Å²) < 4.78 is 5.28. The molecule has 1 aliphatic rings. The van der Waals surface area contributed by atoms with Crippen molar-refractivity contribution >= 4 is 6.09 Å². The maximum absolute atomic E-state index is 11.8. The van der Waals surface area contributed by atoms with E-state index in [-0.39, 0.29) is 23.6 Å². The van der Waals surface area contributed by atoms with Gasteiger partial charge in [-0.25, -0.2) is 4.79 Å². The standard InChI is InChI=1S/C18H28N2O4/c1-18(2,3)24-17(23)20-14-7-5-13(6-8-14)19-11-12-4-9-15(21)16(22)10-12/h4,9-10,13-14,19,21-22H,5-8,11H2,1-3H3,(H,20,23). The molecular formula is C18H28N2O4. The molecule has 0 heterocycles. The molecular weight excluding hydrogens is 308 g/mol. The minimum Gasteiger partial charge on any atom is -0.504 e.